The molecule has 0 bridgehead atoms. The molecule has 2 heterocycles. The van der Waals surface area contributed by atoms with Gasteiger partial charge in [-0.3, -0.25) is 4.98 Å². The Bertz CT molecular complexity index is 727. The van der Waals surface area contributed by atoms with Crippen LogP contribution in [0.2, 0.25) is 5.02 Å². The Hall–Kier alpha value is -2.20. The first-order valence-electron chi connectivity index (χ1n) is 5.36. The van der Waals surface area contributed by atoms with Crippen molar-refractivity contribution < 1.29 is 0 Å². The highest BCUT2D eigenvalue weighted by Crippen LogP contribution is 2.28. The van der Waals surface area contributed by atoms with Crippen molar-refractivity contribution in [1.82, 2.24) is 15.0 Å². The molecule has 0 fully saturated rings. The van der Waals surface area contributed by atoms with E-state index in [9.17, 15) is 0 Å². The first-order valence-corrected chi connectivity index (χ1v) is 5.74. The summed E-state index contributed by atoms with van der Waals surface area (Å²) in [6.07, 6.45) is 5.04. The number of nitrogens with two attached hydrogens (primary N) is 1. The van der Waals surface area contributed by atoms with Gasteiger partial charge in [-0.05, 0) is 23.8 Å². The van der Waals surface area contributed by atoms with Gasteiger partial charge in [0.1, 0.15) is 0 Å². The average molecular weight is 257 g/mol. The van der Waals surface area contributed by atoms with Crippen LogP contribution in [-0.2, 0) is 0 Å². The Labute approximate surface area is 108 Å². The second-order valence-electron chi connectivity index (χ2n) is 3.86. The summed E-state index contributed by atoms with van der Waals surface area (Å²) < 4.78 is 0. The van der Waals surface area contributed by atoms with Crippen molar-refractivity contribution in [3.8, 4) is 11.1 Å². The number of hydrogen-bond acceptors (Lipinski definition) is 4. The highest BCUT2D eigenvalue weighted by atomic mass is 35.5. The van der Waals surface area contributed by atoms with Gasteiger partial charge in [0, 0.05) is 29.5 Å². The number of anilines is 1. The molecule has 3 rings (SSSR count). The summed E-state index contributed by atoms with van der Waals surface area (Å²) in [5.41, 5.74) is 8.30. The first kappa shape index (κ1) is 10.9. The maximum absolute atomic E-state index is 6.12. The highest BCUT2D eigenvalue weighted by molar-refractivity contribution is 6.33. The number of halogens is 1. The predicted molar refractivity (Wildman–Crippen MR) is 72.2 cm³/mol. The number of aromatic nitrogens is 3. The number of nitrogen functional groups attached to an aromatic ring is 1. The molecule has 2 aromatic heterocycles. The Morgan fingerprint density at radius 1 is 1.11 bits per heavy atom. The van der Waals surface area contributed by atoms with E-state index in [0.29, 0.717) is 5.02 Å². The van der Waals surface area contributed by atoms with Gasteiger partial charge >= 0.3 is 0 Å². The van der Waals surface area contributed by atoms with Crippen LogP contribution in [0, 0.1) is 0 Å². The zero-order chi connectivity index (χ0) is 12.5. The van der Waals surface area contributed by atoms with Crippen LogP contribution in [0.15, 0.2) is 42.9 Å². The van der Waals surface area contributed by atoms with Crippen molar-refractivity contribution >= 4 is 28.5 Å². The van der Waals surface area contributed by atoms with Gasteiger partial charge in [0.2, 0.25) is 5.95 Å². The zero-order valence-electron chi connectivity index (χ0n) is 9.34. The maximum Gasteiger partial charge on any atom is 0.220 e. The minimum atomic E-state index is 0.275. The lowest BCUT2D eigenvalue weighted by Crippen LogP contribution is -1.94. The van der Waals surface area contributed by atoms with E-state index in [0.717, 1.165) is 22.0 Å². The van der Waals surface area contributed by atoms with Crippen molar-refractivity contribution in [2.75, 3.05) is 5.73 Å². The molecule has 0 saturated heterocycles. The molecule has 0 spiro atoms. The summed E-state index contributed by atoms with van der Waals surface area (Å²) in [6, 6.07) is 7.72. The maximum atomic E-state index is 6.12. The molecule has 0 saturated carbocycles. The largest absolute Gasteiger partial charge is 0.368 e. The Balaban J connectivity index is 2.20. The van der Waals surface area contributed by atoms with Gasteiger partial charge in [-0.1, -0.05) is 17.7 Å². The van der Waals surface area contributed by atoms with E-state index in [4.69, 9.17) is 17.3 Å². The number of benzene rings is 1. The normalized spacial score (nSPS) is 10.7. The number of fused-ring (bicyclic) bond motifs is 1. The van der Waals surface area contributed by atoms with E-state index < -0.39 is 0 Å². The molecule has 0 amide bonds. The van der Waals surface area contributed by atoms with Gasteiger partial charge < -0.3 is 5.73 Å². The second-order valence-corrected chi connectivity index (χ2v) is 4.26. The molecule has 4 nitrogen and oxygen atoms in total. The fourth-order valence-corrected chi connectivity index (χ4v) is 2.05. The number of nitrogens with zero attached hydrogens (tertiary/aromatic N) is 3. The standard InChI is InChI=1S/C13H9ClN4/c14-11-7-16-4-3-10(11)8-1-2-12-9(5-8)6-17-13(15)18-12/h1-7H,(H2,15,17,18). The van der Waals surface area contributed by atoms with Crippen LogP contribution in [0.5, 0.6) is 0 Å². The fourth-order valence-electron chi connectivity index (χ4n) is 1.82. The molecule has 2 N–H and O–H groups in total. The van der Waals surface area contributed by atoms with E-state index in [-0.39, 0.29) is 5.95 Å². The van der Waals surface area contributed by atoms with Crippen molar-refractivity contribution in [3.05, 3.63) is 47.9 Å². The van der Waals surface area contributed by atoms with Gasteiger partial charge in [0.15, 0.2) is 0 Å². The minimum Gasteiger partial charge on any atom is -0.368 e. The van der Waals surface area contributed by atoms with Crippen LogP contribution >= 0.6 is 11.6 Å². The summed E-state index contributed by atoms with van der Waals surface area (Å²) in [5.74, 6) is 0.275. The monoisotopic (exact) mass is 256 g/mol. The summed E-state index contributed by atoms with van der Waals surface area (Å²) in [6.45, 7) is 0. The van der Waals surface area contributed by atoms with Gasteiger partial charge in [0.25, 0.3) is 0 Å². The topological polar surface area (TPSA) is 64.7 Å². The van der Waals surface area contributed by atoms with E-state index in [1.807, 2.05) is 24.3 Å². The highest BCUT2D eigenvalue weighted by Gasteiger charge is 2.05. The summed E-state index contributed by atoms with van der Waals surface area (Å²) in [5, 5.41) is 1.54. The molecule has 5 heteroatoms. The third kappa shape index (κ3) is 1.87. The molecule has 0 aliphatic rings. The zero-order valence-corrected chi connectivity index (χ0v) is 10.1. The van der Waals surface area contributed by atoms with E-state index in [1.54, 1.807) is 18.6 Å². The Morgan fingerprint density at radius 2 is 2.00 bits per heavy atom. The van der Waals surface area contributed by atoms with Gasteiger partial charge in [0.05, 0.1) is 10.5 Å². The lowest BCUT2D eigenvalue weighted by atomic mass is 10.1. The van der Waals surface area contributed by atoms with Gasteiger partial charge in [-0.25, -0.2) is 9.97 Å². The number of pyridine rings is 1. The first-order chi connectivity index (χ1) is 8.74. The lowest BCUT2D eigenvalue weighted by Gasteiger charge is -2.05. The molecule has 0 aliphatic heterocycles. The quantitative estimate of drug-likeness (QED) is 0.727. The van der Waals surface area contributed by atoms with Crippen LogP contribution in [0.1, 0.15) is 0 Å². The molecule has 0 radical (unpaired) electrons. The number of hydrogen-bond donors (Lipinski definition) is 1. The van der Waals surface area contributed by atoms with Crippen LogP contribution < -0.4 is 5.73 Å². The van der Waals surface area contributed by atoms with Crippen LogP contribution in [0.25, 0.3) is 22.0 Å². The predicted octanol–water partition coefficient (Wildman–Crippen LogP) is 2.93. The summed E-state index contributed by atoms with van der Waals surface area (Å²) in [4.78, 5) is 12.1. The van der Waals surface area contributed by atoms with E-state index >= 15 is 0 Å². The molecule has 3 aromatic rings. The van der Waals surface area contributed by atoms with Gasteiger partial charge in [-0.15, -0.1) is 0 Å². The third-order valence-electron chi connectivity index (χ3n) is 2.68. The van der Waals surface area contributed by atoms with Crippen LogP contribution in [0.3, 0.4) is 0 Å². The molecule has 18 heavy (non-hydrogen) atoms. The molecular weight excluding hydrogens is 248 g/mol. The van der Waals surface area contributed by atoms with Crippen LogP contribution in [-0.4, -0.2) is 15.0 Å². The Morgan fingerprint density at radius 3 is 2.83 bits per heavy atom. The molecule has 0 atom stereocenters. The smallest absolute Gasteiger partial charge is 0.220 e. The minimum absolute atomic E-state index is 0.275. The fraction of sp³-hybridized carbons (Fsp3) is 0. The molecule has 0 aliphatic carbocycles. The Kier molecular flexibility index (Phi) is 2.57. The number of rotatable bonds is 1. The lowest BCUT2D eigenvalue weighted by molar-refractivity contribution is 1.24. The summed E-state index contributed by atoms with van der Waals surface area (Å²) in [7, 11) is 0. The van der Waals surface area contributed by atoms with E-state index in [2.05, 4.69) is 15.0 Å². The van der Waals surface area contributed by atoms with Crippen molar-refractivity contribution in [1.29, 1.82) is 0 Å². The molecular formula is C13H9ClN4. The SMILES string of the molecule is Nc1ncc2cc(-c3ccncc3Cl)ccc2n1. The third-order valence-corrected chi connectivity index (χ3v) is 2.98. The molecule has 88 valence electrons. The van der Waals surface area contributed by atoms with Gasteiger partial charge in [-0.2, -0.15) is 0 Å². The van der Waals surface area contributed by atoms with Crippen molar-refractivity contribution in [2.24, 2.45) is 0 Å². The summed E-state index contributed by atoms with van der Waals surface area (Å²) >= 11 is 6.12. The van der Waals surface area contributed by atoms with E-state index in [1.165, 1.54) is 0 Å². The molecule has 1 aromatic carbocycles. The average Bonchev–Trinajstić information content (AvgIpc) is 2.39. The molecule has 0 unspecified atom stereocenters. The van der Waals surface area contributed by atoms with Crippen molar-refractivity contribution in [2.45, 2.75) is 0 Å². The van der Waals surface area contributed by atoms with Crippen molar-refractivity contribution in [3.63, 3.8) is 0 Å². The van der Waals surface area contributed by atoms with Crippen LogP contribution in [0.4, 0.5) is 5.95 Å². The second kappa shape index (κ2) is 4.23.